The van der Waals surface area contributed by atoms with Gasteiger partial charge in [-0.2, -0.15) is 5.26 Å². The molecule has 5 heteroatoms. The van der Waals surface area contributed by atoms with Crippen molar-refractivity contribution in [3.8, 4) is 6.07 Å². The molecule has 0 bridgehead atoms. The van der Waals surface area contributed by atoms with Gasteiger partial charge in [-0.1, -0.05) is 6.07 Å². The van der Waals surface area contributed by atoms with Crippen LogP contribution in [0.4, 0.5) is 5.69 Å². The van der Waals surface area contributed by atoms with E-state index in [1.807, 2.05) is 18.2 Å². The summed E-state index contributed by atoms with van der Waals surface area (Å²) in [4.78, 5) is 16.6. The first-order chi connectivity index (χ1) is 11.2. The Labute approximate surface area is 132 Å². The summed E-state index contributed by atoms with van der Waals surface area (Å²) in [6, 6.07) is 14.5. The standard InChI is InChI=1S/C18H13N3O2/c1-12-7-8-14(23-12)10-13(11-19)18(22)21-17-6-2-5-16-15(17)4-3-9-20-16/h2-10H,1H3,(H,21,22)/b13-10-. The van der Waals surface area contributed by atoms with E-state index >= 15 is 0 Å². The molecule has 0 radical (unpaired) electrons. The third kappa shape index (κ3) is 3.11. The highest BCUT2D eigenvalue weighted by Crippen LogP contribution is 2.22. The molecule has 0 atom stereocenters. The Hall–Kier alpha value is -3.39. The number of rotatable bonds is 3. The molecule has 0 aliphatic rings. The summed E-state index contributed by atoms with van der Waals surface area (Å²) in [7, 11) is 0. The van der Waals surface area contributed by atoms with Crippen LogP contribution < -0.4 is 5.32 Å². The van der Waals surface area contributed by atoms with E-state index in [1.165, 1.54) is 6.08 Å². The van der Waals surface area contributed by atoms with Crippen molar-refractivity contribution in [3.63, 3.8) is 0 Å². The van der Waals surface area contributed by atoms with E-state index in [1.54, 1.807) is 43.5 Å². The zero-order valence-corrected chi connectivity index (χ0v) is 12.4. The number of fused-ring (bicyclic) bond motifs is 1. The average Bonchev–Trinajstić information content (AvgIpc) is 2.98. The van der Waals surface area contributed by atoms with Crippen LogP contribution >= 0.6 is 0 Å². The number of aryl methyl sites for hydroxylation is 1. The van der Waals surface area contributed by atoms with Crippen LogP contribution in [-0.2, 0) is 4.79 Å². The fraction of sp³-hybridized carbons (Fsp3) is 0.0556. The number of aromatic nitrogens is 1. The van der Waals surface area contributed by atoms with E-state index in [0.717, 1.165) is 10.9 Å². The summed E-state index contributed by atoms with van der Waals surface area (Å²) in [5.74, 6) is 0.695. The first kappa shape index (κ1) is 14.5. The highest BCUT2D eigenvalue weighted by molar-refractivity contribution is 6.12. The minimum absolute atomic E-state index is 0.0276. The zero-order chi connectivity index (χ0) is 16.2. The molecular weight excluding hydrogens is 290 g/mol. The van der Waals surface area contributed by atoms with Crippen LogP contribution in [0.15, 0.2) is 58.7 Å². The molecule has 0 saturated carbocycles. The number of furan rings is 1. The van der Waals surface area contributed by atoms with E-state index in [0.29, 0.717) is 17.2 Å². The maximum atomic E-state index is 12.3. The largest absolute Gasteiger partial charge is 0.462 e. The Morgan fingerprint density at radius 2 is 2.13 bits per heavy atom. The van der Waals surface area contributed by atoms with Crippen molar-refractivity contribution in [2.24, 2.45) is 0 Å². The molecule has 0 aliphatic carbocycles. The first-order valence-electron chi connectivity index (χ1n) is 7.01. The molecule has 2 aromatic heterocycles. The normalized spacial score (nSPS) is 11.2. The predicted octanol–water partition coefficient (Wildman–Crippen LogP) is 3.68. The van der Waals surface area contributed by atoms with Crippen LogP contribution in [0.3, 0.4) is 0 Å². The van der Waals surface area contributed by atoms with Gasteiger partial charge in [0.1, 0.15) is 23.2 Å². The molecule has 3 aromatic rings. The lowest BCUT2D eigenvalue weighted by atomic mass is 10.1. The highest BCUT2D eigenvalue weighted by Gasteiger charge is 2.12. The SMILES string of the molecule is Cc1ccc(/C=C(/C#N)C(=O)Nc2cccc3ncccc23)o1. The zero-order valence-electron chi connectivity index (χ0n) is 12.4. The lowest BCUT2D eigenvalue weighted by molar-refractivity contribution is -0.112. The van der Waals surface area contributed by atoms with E-state index in [2.05, 4.69) is 10.3 Å². The third-order valence-corrected chi connectivity index (χ3v) is 3.31. The summed E-state index contributed by atoms with van der Waals surface area (Å²) >= 11 is 0. The quantitative estimate of drug-likeness (QED) is 0.591. The molecule has 1 aromatic carbocycles. The van der Waals surface area contributed by atoms with Crippen LogP contribution in [0.25, 0.3) is 17.0 Å². The third-order valence-electron chi connectivity index (χ3n) is 3.31. The number of carbonyl (C=O) groups is 1. The number of amides is 1. The number of pyridine rings is 1. The maximum Gasteiger partial charge on any atom is 0.266 e. The summed E-state index contributed by atoms with van der Waals surface area (Å²) in [5, 5.41) is 12.8. The van der Waals surface area contributed by atoms with Gasteiger partial charge in [-0.25, -0.2) is 0 Å². The molecule has 0 aliphatic heterocycles. The van der Waals surface area contributed by atoms with Gasteiger partial charge in [-0.05, 0) is 43.3 Å². The van der Waals surface area contributed by atoms with Gasteiger partial charge in [-0.15, -0.1) is 0 Å². The Morgan fingerprint density at radius 3 is 2.87 bits per heavy atom. The van der Waals surface area contributed by atoms with Gasteiger partial charge in [-0.3, -0.25) is 9.78 Å². The summed E-state index contributed by atoms with van der Waals surface area (Å²) in [6.07, 6.45) is 3.11. The average molecular weight is 303 g/mol. The van der Waals surface area contributed by atoms with Gasteiger partial charge >= 0.3 is 0 Å². The summed E-state index contributed by atoms with van der Waals surface area (Å²) in [5.41, 5.74) is 1.35. The van der Waals surface area contributed by atoms with E-state index in [4.69, 9.17) is 4.42 Å². The monoisotopic (exact) mass is 303 g/mol. The van der Waals surface area contributed by atoms with Gasteiger partial charge in [0.2, 0.25) is 0 Å². The lowest BCUT2D eigenvalue weighted by Gasteiger charge is -2.07. The molecule has 0 saturated heterocycles. The molecule has 1 N–H and O–H groups in total. The minimum atomic E-state index is -0.488. The van der Waals surface area contributed by atoms with Crippen molar-refractivity contribution in [3.05, 3.63) is 65.8 Å². The molecule has 0 unspecified atom stereocenters. The fourth-order valence-electron chi connectivity index (χ4n) is 2.22. The van der Waals surface area contributed by atoms with Gasteiger partial charge in [0.25, 0.3) is 5.91 Å². The number of hydrogen-bond acceptors (Lipinski definition) is 4. The molecule has 0 fully saturated rings. The van der Waals surface area contributed by atoms with Crippen molar-refractivity contribution in [1.29, 1.82) is 5.26 Å². The molecule has 112 valence electrons. The van der Waals surface area contributed by atoms with Crippen LogP contribution in [0.5, 0.6) is 0 Å². The highest BCUT2D eigenvalue weighted by atomic mass is 16.3. The number of nitrogens with one attached hydrogen (secondary N) is 1. The Balaban J connectivity index is 1.90. The molecule has 23 heavy (non-hydrogen) atoms. The Morgan fingerprint density at radius 1 is 1.26 bits per heavy atom. The Bertz CT molecular complexity index is 943. The second kappa shape index (κ2) is 6.16. The van der Waals surface area contributed by atoms with Crippen molar-refractivity contribution in [1.82, 2.24) is 4.98 Å². The second-order valence-electron chi connectivity index (χ2n) is 4.95. The molecule has 5 nitrogen and oxygen atoms in total. The number of carbonyl (C=O) groups excluding carboxylic acids is 1. The van der Waals surface area contributed by atoms with Gasteiger partial charge < -0.3 is 9.73 Å². The van der Waals surface area contributed by atoms with Crippen LogP contribution in [0, 0.1) is 18.3 Å². The number of anilines is 1. The summed E-state index contributed by atoms with van der Waals surface area (Å²) < 4.78 is 5.37. The predicted molar refractivity (Wildman–Crippen MR) is 87.4 cm³/mol. The second-order valence-corrected chi connectivity index (χ2v) is 4.95. The number of nitriles is 1. The fourth-order valence-corrected chi connectivity index (χ4v) is 2.22. The number of hydrogen-bond donors (Lipinski definition) is 1. The van der Waals surface area contributed by atoms with E-state index in [-0.39, 0.29) is 5.57 Å². The smallest absolute Gasteiger partial charge is 0.266 e. The molecule has 3 rings (SSSR count). The van der Waals surface area contributed by atoms with Crippen molar-refractivity contribution in [2.75, 3.05) is 5.32 Å². The maximum absolute atomic E-state index is 12.3. The van der Waals surface area contributed by atoms with E-state index in [9.17, 15) is 10.1 Å². The molecule has 0 spiro atoms. The van der Waals surface area contributed by atoms with E-state index < -0.39 is 5.91 Å². The lowest BCUT2D eigenvalue weighted by Crippen LogP contribution is -2.13. The van der Waals surface area contributed by atoms with Crippen molar-refractivity contribution < 1.29 is 9.21 Å². The van der Waals surface area contributed by atoms with Crippen LogP contribution in [0.2, 0.25) is 0 Å². The van der Waals surface area contributed by atoms with Gasteiger partial charge in [0.05, 0.1) is 11.2 Å². The summed E-state index contributed by atoms with van der Waals surface area (Å²) in [6.45, 7) is 1.80. The molecular formula is C18H13N3O2. The first-order valence-corrected chi connectivity index (χ1v) is 7.01. The molecule has 2 heterocycles. The van der Waals surface area contributed by atoms with Crippen LogP contribution in [-0.4, -0.2) is 10.9 Å². The topological polar surface area (TPSA) is 78.9 Å². The molecule has 1 amide bonds. The van der Waals surface area contributed by atoms with Crippen molar-refractivity contribution >= 4 is 28.6 Å². The Kier molecular flexibility index (Phi) is 3.89. The number of benzene rings is 1. The number of nitrogens with zero attached hydrogens (tertiary/aromatic N) is 2. The van der Waals surface area contributed by atoms with Crippen LogP contribution in [0.1, 0.15) is 11.5 Å². The van der Waals surface area contributed by atoms with Gasteiger partial charge in [0.15, 0.2) is 0 Å². The minimum Gasteiger partial charge on any atom is -0.462 e. The van der Waals surface area contributed by atoms with Crippen molar-refractivity contribution in [2.45, 2.75) is 6.92 Å². The van der Waals surface area contributed by atoms with Gasteiger partial charge in [0, 0.05) is 17.7 Å².